The molecule has 1 atom stereocenters. The van der Waals surface area contributed by atoms with E-state index < -0.39 is 0 Å². The Balaban J connectivity index is 1.89. The number of thiophene rings is 1. The van der Waals surface area contributed by atoms with E-state index >= 15 is 0 Å². The molecule has 0 amide bonds. The quantitative estimate of drug-likeness (QED) is 0.807. The van der Waals surface area contributed by atoms with E-state index in [9.17, 15) is 4.79 Å². The zero-order valence-corrected chi connectivity index (χ0v) is 10.6. The SMILES string of the molecule is C[C@@H]([NH2+]CC(=O)c1cccs1)c1ccccc1. The third kappa shape index (κ3) is 3.25. The van der Waals surface area contributed by atoms with Crippen LogP contribution < -0.4 is 5.32 Å². The molecule has 2 nitrogen and oxygen atoms in total. The molecule has 0 fully saturated rings. The standard InChI is InChI=1S/C14H15NOS/c1-11(12-6-3-2-4-7-12)15-10-13(16)14-8-5-9-17-14/h2-9,11,15H,10H2,1H3/p+1/t11-/m1/s1. The number of nitrogens with two attached hydrogens (primary N) is 1. The Morgan fingerprint density at radius 3 is 2.65 bits per heavy atom. The van der Waals surface area contributed by atoms with Crippen LogP contribution in [-0.2, 0) is 0 Å². The molecule has 0 saturated heterocycles. The molecule has 0 radical (unpaired) electrons. The minimum Gasteiger partial charge on any atom is -0.334 e. The lowest BCUT2D eigenvalue weighted by Gasteiger charge is -2.09. The van der Waals surface area contributed by atoms with Gasteiger partial charge in [0.25, 0.3) is 0 Å². The Morgan fingerprint density at radius 2 is 2.00 bits per heavy atom. The molecule has 1 heterocycles. The highest BCUT2D eigenvalue weighted by Gasteiger charge is 2.12. The first-order valence-electron chi connectivity index (χ1n) is 5.72. The van der Waals surface area contributed by atoms with Crippen molar-refractivity contribution in [3.05, 3.63) is 58.3 Å². The Hall–Kier alpha value is -1.45. The molecule has 2 rings (SSSR count). The minimum absolute atomic E-state index is 0.211. The van der Waals surface area contributed by atoms with Gasteiger partial charge in [0.1, 0.15) is 12.6 Å². The summed E-state index contributed by atoms with van der Waals surface area (Å²) in [5, 5.41) is 4.02. The summed E-state index contributed by atoms with van der Waals surface area (Å²) in [7, 11) is 0. The van der Waals surface area contributed by atoms with E-state index in [0.717, 1.165) is 4.88 Å². The number of rotatable bonds is 5. The maximum atomic E-state index is 11.8. The van der Waals surface area contributed by atoms with Gasteiger partial charge in [-0.3, -0.25) is 4.79 Å². The molecule has 2 aromatic rings. The summed E-state index contributed by atoms with van der Waals surface area (Å²) in [6.45, 7) is 2.63. The van der Waals surface area contributed by atoms with E-state index in [1.807, 2.05) is 35.7 Å². The predicted octanol–water partition coefficient (Wildman–Crippen LogP) is 2.26. The van der Waals surface area contributed by atoms with Crippen LogP contribution in [0.15, 0.2) is 47.8 Å². The van der Waals surface area contributed by atoms with E-state index in [-0.39, 0.29) is 5.78 Å². The van der Waals surface area contributed by atoms with Gasteiger partial charge >= 0.3 is 0 Å². The van der Waals surface area contributed by atoms with Crippen LogP contribution in [0, 0.1) is 0 Å². The van der Waals surface area contributed by atoms with Crippen LogP contribution in [0.5, 0.6) is 0 Å². The first-order chi connectivity index (χ1) is 8.27. The second-order valence-electron chi connectivity index (χ2n) is 4.04. The lowest BCUT2D eigenvalue weighted by molar-refractivity contribution is -0.681. The number of benzene rings is 1. The van der Waals surface area contributed by atoms with Gasteiger partial charge in [0.2, 0.25) is 5.78 Å². The van der Waals surface area contributed by atoms with Crippen LogP contribution in [-0.4, -0.2) is 12.3 Å². The summed E-state index contributed by atoms with van der Waals surface area (Å²) in [5.41, 5.74) is 1.26. The maximum Gasteiger partial charge on any atom is 0.226 e. The molecule has 0 bridgehead atoms. The molecule has 0 saturated carbocycles. The zero-order chi connectivity index (χ0) is 12.1. The molecule has 2 N–H and O–H groups in total. The summed E-state index contributed by atoms with van der Waals surface area (Å²) < 4.78 is 0. The molecule has 3 heteroatoms. The average Bonchev–Trinajstić information content (AvgIpc) is 2.90. The first kappa shape index (κ1) is 12.0. The number of hydrogen-bond acceptors (Lipinski definition) is 2. The monoisotopic (exact) mass is 246 g/mol. The maximum absolute atomic E-state index is 11.8. The number of ketones is 1. The lowest BCUT2D eigenvalue weighted by atomic mass is 10.1. The van der Waals surface area contributed by atoms with Crippen LogP contribution in [0.25, 0.3) is 0 Å². The summed E-state index contributed by atoms with van der Waals surface area (Å²) in [5.74, 6) is 0.211. The molecule has 0 spiro atoms. The third-order valence-electron chi connectivity index (χ3n) is 2.78. The van der Waals surface area contributed by atoms with Gasteiger partial charge in [-0.25, -0.2) is 0 Å². The van der Waals surface area contributed by atoms with E-state index in [4.69, 9.17) is 0 Å². The zero-order valence-electron chi connectivity index (χ0n) is 9.80. The van der Waals surface area contributed by atoms with E-state index in [0.29, 0.717) is 12.6 Å². The molecule has 0 aliphatic rings. The van der Waals surface area contributed by atoms with Gasteiger partial charge in [0.15, 0.2) is 0 Å². The van der Waals surface area contributed by atoms with Crippen molar-refractivity contribution in [1.29, 1.82) is 0 Å². The van der Waals surface area contributed by atoms with Gasteiger partial charge in [0, 0.05) is 5.56 Å². The predicted molar refractivity (Wildman–Crippen MR) is 70.3 cm³/mol. The second-order valence-corrected chi connectivity index (χ2v) is 4.99. The molecule has 1 aromatic carbocycles. The number of Topliss-reactive ketones (excluding diaryl/α,β-unsaturated/α-hetero) is 1. The molecular weight excluding hydrogens is 230 g/mol. The summed E-state index contributed by atoms with van der Waals surface area (Å²) in [6.07, 6.45) is 0. The largest absolute Gasteiger partial charge is 0.334 e. The molecule has 0 aliphatic carbocycles. The highest BCUT2D eigenvalue weighted by Crippen LogP contribution is 2.09. The van der Waals surface area contributed by atoms with Crippen molar-refractivity contribution >= 4 is 17.1 Å². The Bertz CT molecular complexity index is 464. The van der Waals surface area contributed by atoms with Crippen molar-refractivity contribution in [1.82, 2.24) is 0 Å². The van der Waals surface area contributed by atoms with Gasteiger partial charge in [-0.15, -0.1) is 11.3 Å². The number of hydrogen-bond donors (Lipinski definition) is 1. The van der Waals surface area contributed by atoms with Gasteiger partial charge in [0.05, 0.1) is 4.88 Å². The van der Waals surface area contributed by atoms with Crippen molar-refractivity contribution in [2.45, 2.75) is 13.0 Å². The smallest absolute Gasteiger partial charge is 0.226 e. The van der Waals surface area contributed by atoms with Crippen molar-refractivity contribution in [3.8, 4) is 0 Å². The van der Waals surface area contributed by atoms with Crippen molar-refractivity contribution < 1.29 is 10.1 Å². The molecule has 0 unspecified atom stereocenters. The minimum atomic E-state index is 0.211. The van der Waals surface area contributed by atoms with Crippen LogP contribution in [0.2, 0.25) is 0 Å². The summed E-state index contributed by atoms with van der Waals surface area (Å²) in [6, 6.07) is 14.4. The number of carbonyl (C=O) groups excluding carboxylic acids is 1. The Morgan fingerprint density at radius 1 is 1.24 bits per heavy atom. The number of carbonyl (C=O) groups is 1. The normalized spacial score (nSPS) is 12.3. The van der Waals surface area contributed by atoms with E-state index in [2.05, 4.69) is 24.4 Å². The lowest BCUT2D eigenvalue weighted by Crippen LogP contribution is -2.86. The van der Waals surface area contributed by atoms with Crippen molar-refractivity contribution in [3.63, 3.8) is 0 Å². The average molecular weight is 246 g/mol. The molecule has 0 aliphatic heterocycles. The van der Waals surface area contributed by atoms with Gasteiger partial charge < -0.3 is 5.32 Å². The summed E-state index contributed by atoms with van der Waals surface area (Å²) in [4.78, 5) is 12.7. The number of quaternary nitrogens is 1. The first-order valence-corrected chi connectivity index (χ1v) is 6.60. The fourth-order valence-electron chi connectivity index (χ4n) is 1.71. The molecule has 1 aromatic heterocycles. The molecule has 88 valence electrons. The Kier molecular flexibility index (Phi) is 4.07. The van der Waals surface area contributed by atoms with Gasteiger partial charge in [-0.05, 0) is 18.4 Å². The summed E-state index contributed by atoms with van der Waals surface area (Å²) >= 11 is 1.51. The van der Waals surface area contributed by atoms with Crippen LogP contribution in [0.4, 0.5) is 0 Å². The Labute approximate surface area is 105 Å². The molecule has 17 heavy (non-hydrogen) atoms. The topological polar surface area (TPSA) is 33.7 Å². The van der Waals surface area contributed by atoms with Gasteiger partial charge in [-0.1, -0.05) is 36.4 Å². The molecular formula is C14H16NOS+. The van der Waals surface area contributed by atoms with Crippen molar-refractivity contribution in [2.24, 2.45) is 0 Å². The van der Waals surface area contributed by atoms with Crippen LogP contribution >= 0.6 is 11.3 Å². The van der Waals surface area contributed by atoms with Crippen LogP contribution in [0.3, 0.4) is 0 Å². The highest BCUT2D eigenvalue weighted by atomic mass is 32.1. The fourth-order valence-corrected chi connectivity index (χ4v) is 2.39. The van der Waals surface area contributed by atoms with Gasteiger partial charge in [-0.2, -0.15) is 0 Å². The second kappa shape index (κ2) is 5.75. The fraction of sp³-hybridized carbons (Fsp3) is 0.214. The van der Waals surface area contributed by atoms with E-state index in [1.165, 1.54) is 16.9 Å². The van der Waals surface area contributed by atoms with Crippen molar-refractivity contribution in [2.75, 3.05) is 6.54 Å². The highest BCUT2D eigenvalue weighted by molar-refractivity contribution is 7.12. The van der Waals surface area contributed by atoms with E-state index in [1.54, 1.807) is 0 Å². The third-order valence-corrected chi connectivity index (χ3v) is 3.69. The van der Waals surface area contributed by atoms with Crippen LogP contribution in [0.1, 0.15) is 28.2 Å².